The van der Waals surface area contributed by atoms with Gasteiger partial charge in [0.1, 0.15) is 5.60 Å². The van der Waals surface area contributed by atoms with Crippen molar-refractivity contribution in [2.75, 3.05) is 11.9 Å². The van der Waals surface area contributed by atoms with E-state index in [1.807, 2.05) is 12.1 Å². The van der Waals surface area contributed by atoms with Gasteiger partial charge in [-0.3, -0.25) is 0 Å². The van der Waals surface area contributed by atoms with E-state index in [0.717, 1.165) is 28.9 Å². The Hall–Kier alpha value is -0.410. The van der Waals surface area contributed by atoms with Gasteiger partial charge in [-0.25, -0.2) is 0 Å². The zero-order valence-electron chi connectivity index (χ0n) is 8.73. The number of hydrogen-bond donors (Lipinski definition) is 1. The minimum atomic E-state index is -0.171. The largest absolute Gasteiger partial charge is 0.484 e. The van der Waals surface area contributed by atoms with Crippen LogP contribution in [0.15, 0.2) is 16.6 Å². The van der Waals surface area contributed by atoms with Gasteiger partial charge in [-0.05, 0) is 26.0 Å². The highest BCUT2D eigenvalue weighted by atomic mass is 79.9. The number of nitrogens with one attached hydrogen (secondary N) is 1. The summed E-state index contributed by atoms with van der Waals surface area (Å²) < 4.78 is 6.88. The molecule has 4 heteroatoms. The molecule has 82 valence electrons. The van der Waals surface area contributed by atoms with E-state index in [1.54, 1.807) is 0 Å². The normalized spacial score (nSPS) is 18.4. The van der Waals surface area contributed by atoms with E-state index < -0.39 is 0 Å². The van der Waals surface area contributed by atoms with Gasteiger partial charge in [0.2, 0.25) is 0 Å². The van der Waals surface area contributed by atoms with Gasteiger partial charge >= 0.3 is 0 Å². The van der Waals surface area contributed by atoms with Gasteiger partial charge in [-0.2, -0.15) is 0 Å². The molecule has 1 aromatic rings. The molecule has 2 rings (SSSR count). The first-order valence-electron chi connectivity index (χ1n) is 4.90. The van der Waals surface area contributed by atoms with Gasteiger partial charge in [0.25, 0.3) is 0 Å². The Morgan fingerprint density at radius 1 is 1.47 bits per heavy atom. The maximum atomic E-state index is 6.15. The molecule has 0 bridgehead atoms. The van der Waals surface area contributed by atoms with Crippen molar-refractivity contribution >= 4 is 33.2 Å². The van der Waals surface area contributed by atoms with Crippen molar-refractivity contribution in [2.24, 2.45) is 0 Å². The van der Waals surface area contributed by atoms with Crippen molar-refractivity contribution < 1.29 is 4.74 Å². The fourth-order valence-electron chi connectivity index (χ4n) is 1.62. The molecule has 1 aromatic carbocycles. The summed E-state index contributed by atoms with van der Waals surface area (Å²) >= 11 is 9.57. The molecule has 1 aliphatic rings. The lowest BCUT2D eigenvalue weighted by molar-refractivity contribution is 0.109. The summed E-state index contributed by atoms with van der Waals surface area (Å²) in [6.07, 6.45) is 0.954. The number of hydrogen-bond acceptors (Lipinski definition) is 2. The van der Waals surface area contributed by atoms with E-state index in [1.165, 1.54) is 0 Å². The number of halogens is 2. The molecule has 0 radical (unpaired) electrons. The average Bonchev–Trinajstić information content (AvgIpc) is 2.23. The Morgan fingerprint density at radius 3 is 2.93 bits per heavy atom. The molecular formula is C11H13BrClNO. The fraction of sp³-hybridized carbons (Fsp3) is 0.455. The Balaban J connectivity index is 2.47. The van der Waals surface area contributed by atoms with E-state index in [9.17, 15) is 0 Å². The average molecular weight is 291 g/mol. The van der Waals surface area contributed by atoms with Crippen LogP contribution >= 0.6 is 27.5 Å². The van der Waals surface area contributed by atoms with E-state index in [0.29, 0.717) is 5.02 Å². The number of fused-ring (bicyclic) bond motifs is 1. The van der Waals surface area contributed by atoms with E-state index >= 15 is 0 Å². The van der Waals surface area contributed by atoms with Gasteiger partial charge < -0.3 is 10.1 Å². The number of benzene rings is 1. The van der Waals surface area contributed by atoms with Crippen molar-refractivity contribution in [3.05, 3.63) is 21.6 Å². The maximum Gasteiger partial charge on any atom is 0.161 e. The minimum Gasteiger partial charge on any atom is -0.484 e. The first-order chi connectivity index (χ1) is 6.98. The van der Waals surface area contributed by atoms with Crippen LogP contribution in [-0.2, 0) is 0 Å². The van der Waals surface area contributed by atoms with Crippen LogP contribution in [0.5, 0.6) is 5.75 Å². The molecule has 0 saturated heterocycles. The second kappa shape index (κ2) is 3.87. The van der Waals surface area contributed by atoms with Crippen molar-refractivity contribution in [1.82, 2.24) is 0 Å². The SMILES string of the molecule is CC1(C)CCNc2cc(Br)cc(Cl)c2O1. The standard InChI is InChI=1S/C11H13BrClNO/c1-11(2)3-4-14-9-6-7(12)5-8(13)10(9)15-11/h5-6,14H,3-4H2,1-2H3. The molecule has 1 heterocycles. The molecule has 0 amide bonds. The Morgan fingerprint density at radius 2 is 2.20 bits per heavy atom. The Kier molecular flexibility index (Phi) is 2.86. The summed E-state index contributed by atoms with van der Waals surface area (Å²) in [7, 11) is 0. The zero-order valence-corrected chi connectivity index (χ0v) is 11.1. The summed E-state index contributed by atoms with van der Waals surface area (Å²) in [5.41, 5.74) is 0.787. The van der Waals surface area contributed by atoms with Crippen LogP contribution in [-0.4, -0.2) is 12.1 Å². The number of rotatable bonds is 0. The van der Waals surface area contributed by atoms with Crippen LogP contribution in [0.1, 0.15) is 20.3 Å². The van der Waals surface area contributed by atoms with Crippen LogP contribution in [0.3, 0.4) is 0 Å². The number of ether oxygens (including phenoxy) is 1. The molecule has 0 fully saturated rings. The highest BCUT2D eigenvalue weighted by Crippen LogP contribution is 2.40. The third-order valence-corrected chi connectivity index (χ3v) is 3.17. The molecular weight excluding hydrogens is 277 g/mol. The zero-order chi connectivity index (χ0) is 11.1. The summed E-state index contributed by atoms with van der Waals surface area (Å²) in [5, 5.41) is 3.96. The quantitative estimate of drug-likeness (QED) is 0.777. The second-order valence-corrected chi connectivity index (χ2v) is 5.63. The van der Waals surface area contributed by atoms with Crippen molar-refractivity contribution in [3.63, 3.8) is 0 Å². The van der Waals surface area contributed by atoms with E-state index in [4.69, 9.17) is 16.3 Å². The summed E-state index contributed by atoms with van der Waals surface area (Å²) in [6, 6.07) is 3.84. The Labute approximate surface area is 103 Å². The molecule has 0 saturated carbocycles. The van der Waals surface area contributed by atoms with Gasteiger partial charge in [-0.1, -0.05) is 27.5 Å². The van der Waals surface area contributed by atoms with Crippen molar-refractivity contribution in [2.45, 2.75) is 25.9 Å². The van der Waals surface area contributed by atoms with Gasteiger partial charge in [0.15, 0.2) is 5.75 Å². The third kappa shape index (κ3) is 2.40. The molecule has 15 heavy (non-hydrogen) atoms. The molecule has 0 spiro atoms. The van der Waals surface area contributed by atoms with Crippen LogP contribution in [0.2, 0.25) is 5.02 Å². The second-order valence-electron chi connectivity index (χ2n) is 4.30. The van der Waals surface area contributed by atoms with Crippen LogP contribution < -0.4 is 10.1 Å². The van der Waals surface area contributed by atoms with Gasteiger partial charge in [0.05, 0.1) is 10.7 Å². The fourth-order valence-corrected chi connectivity index (χ4v) is 2.47. The lowest BCUT2D eigenvalue weighted by atomic mass is 10.1. The Bertz CT molecular complexity index is 392. The molecule has 0 aliphatic carbocycles. The summed E-state index contributed by atoms with van der Waals surface area (Å²) in [6.45, 7) is 5.04. The molecule has 2 nitrogen and oxygen atoms in total. The maximum absolute atomic E-state index is 6.15. The molecule has 1 N–H and O–H groups in total. The van der Waals surface area contributed by atoms with Gasteiger partial charge in [0, 0.05) is 17.4 Å². The third-order valence-electron chi connectivity index (χ3n) is 2.43. The predicted molar refractivity (Wildman–Crippen MR) is 67.0 cm³/mol. The van der Waals surface area contributed by atoms with Crippen molar-refractivity contribution in [1.29, 1.82) is 0 Å². The first kappa shape index (κ1) is 11.1. The van der Waals surface area contributed by atoms with Crippen LogP contribution in [0.4, 0.5) is 5.69 Å². The monoisotopic (exact) mass is 289 g/mol. The summed E-state index contributed by atoms with van der Waals surface area (Å²) in [5.74, 6) is 0.752. The summed E-state index contributed by atoms with van der Waals surface area (Å²) in [4.78, 5) is 0. The van der Waals surface area contributed by atoms with Crippen molar-refractivity contribution in [3.8, 4) is 5.75 Å². The number of anilines is 1. The lowest BCUT2D eigenvalue weighted by Crippen LogP contribution is -2.28. The highest BCUT2D eigenvalue weighted by molar-refractivity contribution is 9.10. The van der Waals surface area contributed by atoms with Gasteiger partial charge in [-0.15, -0.1) is 0 Å². The predicted octanol–water partition coefficient (Wildman–Crippen LogP) is 4.08. The minimum absolute atomic E-state index is 0.171. The first-order valence-corrected chi connectivity index (χ1v) is 6.07. The highest BCUT2D eigenvalue weighted by Gasteiger charge is 2.26. The molecule has 0 atom stereocenters. The molecule has 0 unspecified atom stereocenters. The topological polar surface area (TPSA) is 21.3 Å². The van der Waals surface area contributed by atoms with E-state index in [-0.39, 0.29) is 5.60 Å². The lowest BCUT2D eigenvalue weighted by Gasteiger charge is -2.24. The smallest absolute Gasteiger partial charge is 0.161 e. The van der Waals surface area contributed by atoms with Crippen LogP contribution in [0, 0.1) is 0 Å². The molecule has 1 aliphatic heterocycles. The van der Waals surface area contributed by atoms with E-state index in [2.05, 4.69) is 35.1 Å². The van der Waals surface area contributed by atoms with Crippen LogP contribution in [0.25, 0.3) is 0 Å². The molecule has 0 aromatic heterocycles.